The highest BCUT2D eigenvalue weighted by atomic mass is 35.5. The molecule has 0 saturated carbocycles. The minimum Gasteiger partial charge on any atom is -0.352 e. The Morgan fingerprint density at radius 1 is 1.09 bits per heavy atom. The number of nitrogens with zero attached hydrogens (tertiary/aromatic N) is 2. The smallest absolute Gasteiger partial charge is 0.203 e. The van der Waals surface area contributed by atoms with Gasteiger partial charge in [-0.2, -0.15) is 0 Å². The summed E-state index contributed by atoms with van der Waals surface area (Å²) in [5, 5.41) is 4.11. The molecule has 3 aromatic rings. The van der Waals surface area contributed by atoms with Crippen molar-refractivity contribution in [1.82, 2.24) is 9.55 Å². The van der Waals surface area contributed by atoms with Gasteiger partial charge >= 0.3 is 0 Å². The molecule has 0 atom stereocenters. The number of imidazole rings is 1. The Morgan fingerprint density at radius 3 is 2.55 bits per heavy atom. The van der Waals surface area contributed by atoms with E-state index in [2.05, 4.69) is 46.1 Å². The first-order valence-corrected chi connectivity index (χ1v) is 7.59. The second-order valence-corrected chi connectivity index (χ2v) is 5.74. The fourth-order valence-electron chi connectivity index (χ4n) is 2.38. The molecule has 0 fully saturated rings. The van der Waals surface area contributed by atoms with Crippen LogP contribution in [0.2, 0.25) is 5.02 Å². The lowest BCUT2D eigenvalue weighted by molar-refractivity contribution is 0.907. The predicted octanol–water partition coefficient (Wildman–Crippen LogP) is 4.66. The highest BCUT2D eigenvalue weighted by molar-refractivity contribution is 6.31. The largest absolute Gasteiger partial charge is 0.352 e. The van der Waals surface area contributed by atoms with Crippen LogP contribution in [0.25, 0.3) is 11.3 Å². The molecule has 1 aromatic heterocycles. The standard InChI is InChI=1S/C18H18ClN3/c1-13-7-9-14(10-8-13)17-12-21-18(22(17)2)20-11-15-5-3-4-6-16(15)19/h3-10,12H,11H2,1-2H3,(H,20,21). The van der Waals surface area contributed by atoms with Gasteiger partial charge in [0, 0.05) is 18.6 Å². The van der Waals surface area contributed by atoms with Gasteiger partial charge in [0.15, 0.2) is 0 Å². The maximum absolute atomic E-state index is 6.18. The average Bonchev–Trinajstić information content (AvgIpc) is 2.88. The highest BCUT2D eigenvalue weighted by Crippen LogP contribution is 2.23. The van der Waals surface area contributed by atoms with Crippen molar-refractivity contribution in [2.45, 2.75) is 13.5 Å². The molecule has 0 aliphatic carbocycles. The van der Waals surface area contributed by atoms with Crippen molar-refractivity contribution >= 4 is 17.5 Å². The molecule has 22 heavy (non-hydrogen) atoms. The molecule has 1 heterocycles. The number of halogens is 1. The van der Waals surface area contributed by atoms with Gasteiger partial charge in [-0.05, 0) is 24.1 Å². The van der Waals surface area contributed by atoms with Crippen molar-refractivity contribution < 1.29 is 0 Å². The van der Waals surface area contributed by atoms with E-state index in [1.54, 1.807) is 0 Å². The Balaban J connectivity index is 1.79. The fourth-order valence-corrected chi connectivity index (χ4v) is 2.58. The van der Waals surface area contributed by atoms with Crippen molar-refractivity contribution in [1.29, 1.82) is 0 Å². The summed E-state index contributed by atoms with van der Waals surface area (Å²) in [7, 11) is 2.01. The van der Waals surface area contributed by atoms with E-state index in [0.717, 1.165) is 27.8 Å². The molecule has 1 N–H and O–H groups in total. The van der Waals surface area contributed by atoms with E-state index in [9.17, 15) is 0 Å². The summed E-state index contributed by atoms with van der Waals surface area (Å²) in [6, 6.07) is 16.3. The van der Waals surface area contributed by atoms with Crippen molar-refractivity contribution in [2.24, 2.45) is 7.05 Å². The molecule has 0 bridgehead atoms. The maximum Gasteiger partial charge on any atom is 0.203 e. The van der Waals surface area contributed by atoms with E-state index in [1.807, 2.05) is 37.5 Å². The number of aromatic nitrogens is 2. The number of benzene rings is 2. The van der Waals surface area contributed by atoms with Crippen molar-refractivity contribution in [3.63, 3.8) is 0 Å². The van der Waals surface area contributed by atoms with Crippen LogP contribution in [-0.2, 0) is 13.6 Å². The number of hydrogen-bond donors (Lipinski definition) is 1. The number of hydrogen-bond acceptors (Lipinski definition) is 2. The molecule has 2 aromatic carbocycles. The maximum atomic E-state index is 6.18. The number of nitrogens with one attached hydrogen (secondary N) is 1. The van der Waals surface area contributed by atoms with E-state index < -0.39 is 0 Å². The van der Waals surface area contributed by atoms with Crippen LogP contribution in [0.5, 0.6) is 0 Å². The number of rotatable bonds is 4. The molecular weight excluding hydrogens is 294 g/mol. The van der Waals surface area contributed by atoms with Crippen LogP contribution in [0.1, 0.15) is 11.1 Å². The SMILES string of the molecule is Cc1ccc(-c2cnc(NCc3ccccc3Cl)n2C)cc1. The Kier molecular flexibility index (Phi) is 4.16. The number of aryl methyl sites for hydroxylation is 1. The molecular formula is C18H18ClN3. The lowest BCUT2D eigenvalue weighted by atomic mass is 10.1. The fraction of sp³-hybridized carbons (Fsp3) is 0.167. The summed E-state index contributed by atoms with van der Waals surface area (Å²) in [5.74, 6) is 0.829. The second-order valence-electron chi connectivity index (χ2n) is 5.34. The molecule has 0 aliphatic rings. The highest BCUT2D eigenvalue weighted by Gasteiger charge is 2.08. The third kappa shape index (κ3) is 3.00. The van der Waals surface area contributed by atoms with Gasteiger partial charge in [0.25, 0.3) is 0 Å². The summed E-state index contributed by atoms with van der Waals surface area (Å²) in [6.07, 6.45) is 1.89. The third-order valence-electron chi connectivity index (χ3n) is 3.73. The summed E-state index contributed by atoms with van der Waals surface area (Å²) in [4.78, 5) is 4.47. The Bertz CT molecular complexity index is 775. The molecule has 4 heteroatoms. The Hall–Kier alpha value is -2.26. The second kappa shape index (κ2) is 6.24. The van der Waals surface area contributed by atoms with Gasteiger partial charge in [0.1, 0.15) is 0 Å². The van der Waals surface area contributed by atoms with Gasteiger partial charge in [-0.3, -0.25) is 0 Å². The van der Waals surface area contributed by atoms with Crippen LogP contribution in [0.4, 0.5) is 5.95 Å². The molecule has 112 valence electrons. The Labute approximate surface area is 135 Å². The average molecular weight is 312 g/mol. The molecule has 0 aliphatic heterocycles. The van der Waals surface area contributed by atoms with Crippen molar-refractivity contribution in [3.8, 4) is 11.3 Å². The van der Waals surface area contributed by atoms with Crippen LogP contribution in [-0.4, -0.2) is 9.55 Å². The normalized spacial score (nSPS) is 10.7. The van der Waals surface area contributed by atoms with E-state index in [-0.39, 0.29) is 0 Å². The third-order valence-corrected chi connectivity index (χ3v) is 4.10. The van der Waals surface area contributed by atoms with Crippen LogP contribution in [0.3, 0.4) is 0 Å². The van der Waals surface area contributed by atoms with Crippen molar-refractivity contribution in [3.05, 3.63) is 70.9 Å². The van der Waals surface area contributed by atoms with E-state index in [4.69, 9.17) is 11.6 Å². The molecule has 3 nitrogen and oxygen atoms in total. The summed E-state index contributed by atoms with van der Waals surface area (Å²) < 4.78 is 2.06. The molecule has 0 saturated heterocycles. The quantitative estimate of drug-likeness (QED) is 0.759. The zero-order chi connectivity index (χ0) is 15.5. The van der Waals surface area contributed by atoms with Crippen LogP contribution in [0.15, 0.2) is 54.7 Å². The zero-order valence-corrected chi connectivity index (χ0v) is 13.4. The van der Waals surface area contributed by atoms with Crippen LogP contribution < -0.4 is 5.32 Å². The molecule has 0 unspecified atom stereocenters. The predicted molar refractivity (Wildman–Crippen MR) is 92.2 cm³/mol. The zero-order valence-electron chi connectivity index (χ0n) is 12.7. The van der Waals surface area contributed by atoms with Crippen LogP contribution >= 0.6 is 11.6 Å². The summed E-state index contributed by atoms with van der Waals surface area (Å²) in [6.45, 7) is 2.74. The minimum atomic E-state index is 0.651. The molecule has 0 amide bonds. The minimum absolute atomic E-state index is 0.651. The lowest BCUT2D eigenvalue weighted by Crippen LogP contribution is -2.06. The topological polar surface area (TPSA) is 29.9 Å². The van der Waals surface area contributed by atoms with Gasteiger partial charge in [0.05, 0.1) is 11.9 Å². The molecule has 3 rings (SSSR count). The van der Waals surface area contributed by atoms with Crippen molar-refractivity contribution in [2.75, 3.05) is 5.32 Å². The van der Waals surface area contributed by atoms with Gasteiger partial charge in [0.2, 0.25) is 5.95 Å². The van der Waals surface area contributed by atoms with Gasteiger partial charge < -0.3 is 9.88 Å². The van der Waals surface area contributed by atoms with Gasteiger partial charge in [-0.25, -0.2) is 4.98 Å². The van der Waals surface area contributed by atoms with E-state index in [0.29, 0.717) is 6.54 Å². The lowest BCUT2D eigenvalue weighted by Gasteiger charge is -2.09. The molecule has 0 radical (unpaired) electrons. The first-order chi connectivity index (χ1) is 10.6. The van der Waals surface area contributed by atoms with E-state index in [1.165, 1.54) is 5.56 Å². The van der Waals surface area contributed by atoms with Gasteiger partial charge in [-0.1, -0.05) is 59.6 Å². The Morgan fingerprint density at radius 2 is 1.82 bits per heavy atom. The van der Waals surface area contributed by atoms with Crippen LogP contribution in [0, 0.1) is 6.92 Å². The first kappa shape index (κ1) is 14.7. The monoisotopic (exact) mass is 311 g/mol. The first-order valence-electron chi connectivity index (χ1n) is 7.21. The molecule has 0 spiro atoms. The van der Waals surface area contributed by atoms with Gasteiger partial charge in [-0.15, -0.1) is 0 Å². The van der Waals surface area contributed by atoms with E-state index >= 15 is 0 Å². The number of anilines is 1. The summed E-state index contributed by atoms with van der Waals surface area (Å²) >= 11 is 6.18. The summed E-state index contributed by atoms with van der Waals surface area (Å²) in [5.41, 5.74) is 4.56.